The molecule has 0 aliphatic rings. The second-order valence-corrected chi connectivity index (χ2v) is 7.15. The largest absolute Gasteiger partial charge is 0.496 e. The summed E-state index contributed by atoms with van der Waals surface area (Å²) in [6.07, 6.45) is 0. The molecule has 2 aromatic rings. The standard InChI is InChI=1S/C18H20N2O5S/c1-4-19-18(22)16-11-15(8-9-17(16)25-3)26(23,24)20-14-7-5-6-13(10-14)12(2)21/h5-11,20H,4H2,1-3H3,(H,19,22). The van der Waals surface area contributed by atoms with Crippen molar-refractivity contribution in [2.24, 2.45) is 0 Å². The third kappa shape index (κ3) is 4.40. The first-order valence-electron chi connectivity index (χ1n) is 7.88. The highest BCUT2D eigenvalue weighted by Crippen LogP contribution is 2.24. The molecular formula is C18H20N2O5S. The molecule has 138 valence electrons. The highest BCUT2D eigenvalue weighted by Gasteiger charge is 2.20. The van der Waals surface area contributed by atoms with Crippen LogP contribution in [0.25, 0.3) is 0 Å². The zero-order valence-electron chi connectivity index (χ0n) is 14.7. The fourth-order valence-electron chi connectivity index (χ4n) is 2.30. The van der Waals surface area contributed by atoms with Crippen LogP contribution in [0.4, 0.5) is 5.69 Å². The number of carbonyl (C=O) groups is 2. The number of rotatable bonds is 7. The molecule has 0 fully saturated rings. The summed E-state index contributed by atoms with van der Waals surface area (Å²) in [6.45, 7) is 3.55. The van der Waals surface area contributed by atoms with Crippen molar-refractivity contribution in [1.29, 1.82) is 0 Å². The topological polar surface area (TPSA) is 102 Å². The first-order valence-corrected chi connectivity index (χ1v) is 9.37. The van der Waals surface area contributed by atoms with Gasteiger partial charge in [-0.2, -0.15) is 0 Å². The molecule has 1 amide bonds. The Morgan fingerprint density at radius 1 is 1.12 bits per heavy atom. The van der Waals surface area contributed by atoms with Crippen molar-refractivity contribution in [1.82, 2.24) is 5.32 Å². The molecule has 8 heteroatoms. The first-order chi connectivity index (χ1) is 12.3. The summed E-state index contributed by atoms with van der Waals surface area (Å²) in [4.78, 5) is 23.5. The zero-order valence-corrected chi connectivity index (χ0v) is 15.5. The SMILES string of the molecule is CCNC(=O)c1cc(S(=O)(=O)Nc2cccc(C(C)=O)c2)ccc1OC. The van der Waals surface area contributed by atoms with Gasteiger partial charge < -0.3 is 10.1 Å². The number of amides is 1. The van der Waals surface area contributed by atoms with E-state index in [9.17, 15) is 18.0 Å². The number of ketones is 1. The molecule has 0 aliphatic heterocycles. The number of ether oxygens (including phenoxy) is 1. The van der Waals surface area contributed by atoms with Crippen molar-refractivity contribution >= 4 is 27.4 Å². The summed E-state index contributed by atoms with van der Waals surface area (Å²) in [6, 6.07) is 10.2. The molecule has 7 nitrogen and oxygen atoms in total. The Balaban J connectivity index is 2.40. The summed E-state index contributed by atoms with van der Waals surface area (Å²) < 4.78 is 32.8. The number of carbonyl (C=O) groups excluding carboxylic acids is 2. The second kappa shape index (κ2) is 8.01. The smallest absolute Gasteiger partial charge is 0.261 e. The Morgan fingerprint density at radius 3 is 2.46 bits per heavy atom. The lowest BCUT2D eigenvalue weighted by atomic mass is 10.1. The van der Waals surface area contributed by atoms with Crippen molar-refractivity contribution in [2.45, 2.75) is 18.7 Å². The van der Waals surface area contributed by atoms with E-state index in [1.54, 1.807) is 19.1 Å². The monoisotopic (exact) mass is 376 g/mol. The van der Waals surface area contributed by atoms with Crippen LogP contribution >= 0.6 is 0 Å². The molecule has 2 N–H and O–H groups in total. The van der Waals surface area contributed by atoms with Crippen molar-refractivity contribution < 1.29 is 22.7 Å². The van der Waals surface area contributed by atoms with Gasteiger partial charge in [0, 0.05) is 17.8 Å². The fraction of sp³-hybridized carbons (Fsp3) is 0.222. The fourth-order valence-corrected chi connectivity index (χ4v) is 3.38. The molecule has 0 bridgehead atoms. The van der Waals surface area contributed by atoms with E-state index in [0.717, 1.165) is 0 Å². The van der Waals surface area contributed by atoms with Crippen LogP contribution in [0.5, 0.6) is 5.75 Å². The maximum atomic E-state index is 12.6. The number of hydrogen-bond donors (Lipinski definition) is 2. The molecule has 0 spiro atoms. The van der Waals surface area contributed by atoms with E-state index >= 15 is 0 Å². The normalized spacial score (nSPS) is 10.9. The maximum absolute atomic E-state index is 12.6. The molecule has 0 radical (unpaired) electrons. The van der Waals surface area contributed by atoms with E-state index in [0.29, 0.717) is 12.1 Å². The number of anilines is 1. The predicted octanol–water partition coefficient (Wildman–Crippen LogP) is 2.45. The van der Waals surface area contributed by atoms with E-state index in [4.69, 9.17) is 4.74 Å². The summed E-state index contributed by atoms with van der Waals surface area (Å²) in [5.74, 6) is -0.331. The lowest BCUT2D eigenvalue weighted by Crippen LogP contribution is -2.24. The third-order valence-corrected chi connectivity index (χ3v) is 4.96. The lowest BCUT2D eigenvalue weighted by molar-refractivity contribution is 0.0951. The van der Waals surface area contributed by atoms with Crippen LogP contribution < -0.4 is 14.8 Å². The summed E-state index contributed by atoms with van der Waals surface area (Å²) in [5.41, 5.74) is 0.769. The van der Waals surface area contributed by atoms with Gasteiger partial charge in [0.15, 0.2) is 5.78 Å². The van der Waals surface area contributed by atoms with E-state index in [1.165, 1.54) is 44.4 Å². The van der Waals surface area contributed by atoms with Crippen LogP contribution in [-0.2, 0) is 10.0 Å². The van der Waals surface area contributed by atoms with Crippen molar-refractivity contribution in [3.05, 3.63) is 53.6 Å². The molecule has 0 aliphatic carbocycles. The van der Waals surface area contributed by atoms with Gasteiger partial charge in [0.25, 0.3) is 15.9 Å². The number of benzene rings is 2. The van der Waals surface area contributed by atoms with Crippen LogP contribution in [0.15, 0.2) is 47.4 Å². The molecular weight excluding hydrogens is 356 g/mol. The van der Waals surface area contributed by atoms with Crippen molar-refractivity contribution in [2.75, 3.05) is 18.4 Å². The Kier molecular flexibility index (Phi) is 5.99. The van der Waals surface area contributed by atoms with Gasteiger partial charge in [-0.05, 0) is 44.2 Å². The Hall–Kier alpha value is -2.87. The van der Waals surface area contributed by atoms with Crippen LogP contribution in [0.3, 0.4) is 0 Å². The molecule has 2 aromatic carbocycles. The van der Waals surface area contributed by atoms with Gasteiger partial charge in [0.1, 0.15) is 5.75 Å². The number of methoxy groups -OCH3 is 1. The Labute approximate surface area is 152 Å². The minimum atomic E-state index is -3.95. The summed E-state index contributed by atoms with van der Waals surface area (Å²) in [7, 11) is -2.55. The minimum Gasteiger partial charge on any atom is -0.496 e. The van der Waals surface area contributed by atoms with Crippen LogP contribution in [0.2, 0.25) is 0 Å². The quantitative estimate of drug-likeness (QED) is 0.723. The van der Waals surface area contributed by atoms with Gasteiger partial charge in [0.2, 0.25) is 0 Å². The Morgan fingerprint density at radius 2 is 1.85 bits per heavy atom. The molecule has 0 heterocycles. The molecule has 0 saturated heterocycles. The zero-order chi connectivity index (χ0) is 19.3. The van der Waals surface area contributed by atoms with Crippen LogP contribution in [0, 0.1) is 0 Å². The Bertz CT molecular complexity index is 938. The summed E-state index contributed by atoms with van der Waals surface area (Å²) >= 11 is 0. The van der Waals surface area contributed by atoms with Crippen LogP contribution in [0.1, 0.15) is 34.6 Å². The van der Waals surface area contributed by atoms with E-state index in [2.05, 4.69) is 10.0 Å². The number of Topliss-reactive ketones (excluding diaryl/α,β-unsaturated/α-hetero) is 1. The maximum Gasteiger partial charge on any atom is 0.261 e. The average Bonchev–Trinajstić information content (AvgIpc) is 2.61. The molecule has 0 aromatic heterocycles. The third-order valence-electron chi connectivity index (χ3n) is 3.58. The highest BCUT2D eigenvalue weighted by molar-refractivity contribution is 7.92. The first kappa shape index (κ1) is 19.5. The van der Waals surface area contributed by atoms with Crippen molar-refractivity contribution in [3.63, 3.8) is 0 Å². The lowest BCUT2D eigenvalue weighted by Gasteiger charge is -2.12. The number of hydrogen-bond acceptors (Lipinski definition) is 5. The second-order valence-electron chi connectivity index (χ2n) is 5.46. The molecule has 0 atom stereocenters. The van der Waals surface area contributed by atoms with E-state index in [-0.39, 0.29) is 27.7 Å². The van der Waals surface area contributed by atoms with E-state index < -0.39 is 15.9 Å². The van der Waals surface area contributed by atoms with Gasteiger partial charge in [-0.3, -0.25) is 14.3 Å². The highest BCUT2D eigenvalue weighted by atomic mass is 32.2. The summed E-state index contributed by atoms with van der Waals surface area (Å²) in [5, 5.41) is 2.61. The van der Waals surface area contributed by atoms with Gasteiger partial charge in [0.05, 0.1) is 17.6 Å². The average molecular weight is 376 g/mol. The van der Waals surface area contributed by atoms with E-state index in [1.807, 2.05) is 0 Å². The molecule has 0 unspecified atom stereocenters. The van der Waals surface area contributed by atoms with Gasteiger partial charge in [-0.25, -0.2) is 8.42 Å². The van der Waals surface area contributed by atoms with Gasteiger partial charge >= 0.3 is 0 Å². The van der Waals surface area contributed by atoms with Gasteiger partial charge in [-0.1, -0.05) is 12.1 Å². The molecule has 0 saturated carbocycles. The van der Waals surface area contributed by atoms with Crippen LogP contribution in [-0.4, -0.2) is 33.8 Å². The number of sulfonamides is 1. The number of nitrogens with one attached hydrogen (secondary N) is 2. The predicted molar refractivity (Wildman–Crippen MR) is 98.3 cm³/mol. The minimum absolute atomic E-state index is 0.0900. The molecule has 26 heavy (non-hydrogen) atoms. The van der Waals surface area contributed by atoms with Crippen molar-refractivity contribution in [3.8, 4) is 5.75 Å². The molecule has 2 rings (SSSR count). The van der Waals surface area contributed by atoms with Gasteiger partial charge in [-0.15, -0.1) is 0 Å².